The third-order valence-electron chi connectivity index (χ3n) is 4.23. The summed E-state index contributed by atoms with van der Waals surface area (Å²) in [7, 11) is 4.41. The number of nitrogens with zero attached hydrogens (tertiary/aromatic N) is 2. The topological polar surface area (TPSA) is 32.5 Å². The van der Waals surface area contributed by atoms with Gasteiger partial charge < -0.3 is 10.6 Å². The van der Waals surface area contributed by atoms with Crippen molar-refractivity contribution in [1.29, 1.82) is 0 Å². The van der Waals surface area contributed by atoms with E-state index < -0.39 is 0 Å². The number of hydrogen-bond donors (Lipinski definition) is 1. The van der Waals surface area contributed by atoms with Crippen LogP contribution in [0.25, 0.3) is 0 Å². The minimum absolute atomic E-state index is 0.109. The molecule has 0 amide bonds. The monoisotopic (exact) mass is 339 g/mol. The molecule has 0 spiro atoms. The fourth-order valence-corrected chi connectivity index (χ4v) is 3.85. The second-order valence-electron chi connectivity index (χ2n) is 6.18. The Kier molecular flexibility index (Phi) is 5.61. The van der Waals surface area contributed by atoms with E-state index in [-0.39, 0.29) is 12.1 Å². The Hall–Kier alpha value is -0.420. The predicted molar refractivity (Wildman–Crippen MR) is 88.8 cm³/mol. The van der Waals surface area contributed by atoms with Gasteiger partial charge in [0.2, 0.25) is 0 Å². The van der Waals surface area contributed by atoms with E-state index in [0.717, 1.165) is 16.9 Å². The molecule has 20 heavy (non-hydrogen) atoms. The van der Waals surface area contributed by atoms with Gasteiger partial charge in [0, 0.05) is 23.6 Å². The van der Waals surface area contributed by atoms with Crippen LogP contribution in [0.3, 0.4) is 0 Å². The van der Waals surface area contributed by atoms with Crippen LogP contribution in [0.1, 0.15) is 24.9 Å². The minimum atomic E-state index is 0.109. The summed E-state index contributed by atoms with van der Waals surface area (Å²) in [5.41, 5.74) is 7.56. The number of likely N-dealkylation sites (N-methyl/N-ethyl adjacent to an activating group) is 1. The average molecular weight is 340 g/mol. The number of halogens is 1. The van der Waals surface area contributed by atoms with Crippen LogP contribution < -0.4 is 5.73 Å². The molecule has 2 rings (SSSR count). The van der Waals surface area contributed by atoms with E-state index in [1.54, 1.807) is 0 Å². The Balaban J connectivity index is 2.10. The Bertz CT molecular complexity index is 435. The molecule has 1 aliphatic heterocycles. The quantitative estimate of drug-likeness (QED) is 0.895. The first-order valence-corrected chi connectivity index (χ1v) is 8.17. The molecule has 1 fully saturated rings. The first kappa shape index (κ1) is 16.0. The average Bonchev–Trinajstić information content (AvgIpc) is 2.77. The van der Waals surface area contributed by atoms with E-state index >= 15 is 0 Å². The lowest BCUT2D eigenvalue weighted by Crippen LogP contribution is -2.40. The molecule has 1 aromatic rings. The Labute approximate surface area is 131 Å². The van der Waals surface area contributed by atoms with Crippen LogP contribution in [-0.4, -0.2) is 49.6 Å². The predicted octanol–water partition coefficient (Wildman–Crippen LogP) is 2.72. The van der Waals surface area contributed by atoms with Crippen LogP contribution >= 0.6 is 15.9 Å². The highest BCUT2D eigenvalue weighted by atomic mass is 79.9. The van der Waals surface area contributed by atoms with Crippen molar-refractivity contribution < 1.29 is 0 Å². The molecule has 3 nitrogen and oxygen atoms in total. The summed E-state index contributed by atoms with van der Waals surface area (Å²) in [4.78, 5) is 4.84. The maximum absolute atomic E-state index is 6.27. The van der Waals surface area contributed by atoms with Crippen LogP contribution in [0.5, 0.6) is 0 Å². The first-order chi connectivity index (χ1) is 9.49. The summed E-state index contributed by atoms with van der Waals surface area (Å²) < 4.78 is 1.15. The van der Waals surface area contributed by atoms with Gasteiger partial charge in [0.25, 0.3) is 0 Å². The molecule has 0 aromatic heterocycles. The van der Waals surface area contributed by atoms with Gasteiger partial charge in [0.1, 0.15) is 0 Å². The van der Waals surface area contributed by atoms with Crippen LogP contribution in [0.15, 0.2) is 28.7 Å². The molecule has 0 aliphatic carbocycles. The Morgan fingerprint density at radius 1 is 1.45 bits per heavy atom. The number of benzene rings is 1. The molecule has 1 aliphatic rings. The van der Waals surface area contributed by atoms with E-state index in [1.807, 2.05) is 0 Å². The lowest BCUT2D eigenvalue weighted by molar-refractivity contribution is 0.187. The molecule has 3 unspecified atom stereocenters. The highest BCUT2D eigenvalue weighted by molar-refractivity contribution is 9.10. The number of rotatable bonds is 5. The van der Waals surface area contributed by atoms with Gasteiger partial charge >= 0.3 is 0 Å². The van der Waals surface area contributed by atoms with Gasteiger partial charge in [-0.1, -0.05) is 34.1 Å². The summed E-state index contributed by atoms with van der Waals surface area (Å²) in [6.45, 7) is 5.63. The van der Waals surface area contributed by atoms with E-state index in [1.165, 1.54) is 25.1 Å². The molecule has 4 heteroatoms. The van der Waals surface area contributed by atoms with E-state index in [4.69, 9.17) is 5.73 Å². The van der Waals surface area contributed by atoms with Gasteiger partial charge in [-0.05, 0) is 51.5 Å². The standard InChI is InChI=1S/C16H26BrN3/c1-12(18)16(14-6-4-5-7-15(14)17)20(3)11-13-8-9-19(2)10-13/h4-7,12-13,16H,8-11,18H2,1-3H3. The van der Waals surface area contributed by atoms with Gasteiger partial charge in [0.05, 0.1) is 6.04 Å². The van der Waals surface area contributed by atoms with Crippen molar-refractivity contribution in [3.05, 3.63) is 34.3 Å². The SMILES string of the molecule is CC(N)C(c1ccccc1Br)N(C)CC1CCN(C)C1. The normalized spacial score (nSPS) is 23.2. The second-order valence-corrected chi connectivity index (χ2v) is 7.04. The number of nitrogens with two attached hydrogens (primary N) is 1. The largest absolute Gasteiger partial charge is 0.326 e. The molecule has 3 atom stereocenters. The fraction of sp³-hybridized carbons (Fsp3) is 0.625. The van der Waals surface area contributed by atoms with Crippen LogP contribution in [0.2, 0.25) is 0 Å². The molecular weight excluding hydrogens is 314 g/mol. The van der Waals surface area contributed by atoms with E-state index in [0.29, 0.717) is 0 Å². The summed E-state index contributed by atoms with van der Waals surface area (Å²) in [6, 6.07) is 8.79. The van der Waals surface area contributed by atoms with Crippen molar-refractivity contribution in [3.63, 3.8) is 0 Å². The first-order valence-electron chi connectivity index (χ1n) is 7.38. The molecule has 1 aromatic carbocycles. The summed E-state index contributed by atoms with van der Waals surface area (Å²) in [5.74, 6) is 0.758. The van der Waals surface area contributed by atoms with Gasteiger partial charge in [-0.3, -0.25) is 4.90 Å². The van der Waals surface area contributed by atoms with Gasteiger partial charge in [-0.25, -0.2) is 0 Å². The van der Waals surface area contributed by atoms with Gasteiger partial charge in [-0.15, -0.1) is 0 Å². The third kappa shape index (κ3) is 3.82. The summed E-state index contributed by atoms with van der Waals surface area (Å²) in [5, 5.41) is 0. The van der Waals surface area contributed by atoms with Crippen LogP contribution in [0, 0.1) is 5.92 Å². The molecular formula is C16H26BrN3. The van der Waals surface area contributed by atoms with Crippen molar-refractivity contribution >= 4 is 15.9 Å². The Morgan fingerprint density at radius 2 is 2.15 bits per heavy atom. The minimum Gasteiger partial charge on any atom is -0.326 e. The molecule has 112 valence electrons. The zero-order valence-corrected chi connectivity index (χ0v) is 14.3. The maximum atomic E-state index is 6.27. The van der Waals surface area contributed by atoms with Gasteiger partial charge in [0.15, 0.2) is 0 Å². The van der Waals surface area contributed by atoms with Crippen molar-refractivity contribution in [2.75, 3.05) is 33.7 Å². The smallest absolute Gasteiger partial charge is 0.0504 e. The molecule has 0 saturated carbocycles. The lowest BCUT2D eigenvalue weighted by atomic mass is 9.98. The molecule has 1 saturated heterocycles. The summed E-state index contributed by atoms with van der Waals surface area (Å²) >= 11 is 3.67. The lowest BCUT2D eigenvalue weighted by Gasteiger charge is -2.33. The highest BCUT2D eigenvalue weighted by Crippen LogP contribution is 2.30. The van der Waals surface area contributed by atoms with Crippen LogP contribution in [-0.2, 0) is 0 Å². The van der Waals surface area contributed by atoms with Crippen molar-refractivity contribution in [3.8, 4) is 0 Å². The van der Waals surface area contributed by atoms with Crippen molar-refractivity contribution in [1.82, 2.24) is 9.80 Å². The van der Waals surface area contributed by atoms with Gasteiger partial charge in [-0.2, -0.15) is 0 Å². The van der Waals surface area contributed by atoms with Crippen molar-refractivity contribution in [2.24, 2.45) is 11.7 Å². The second kappa shape index (κ2) is 7.03. The number of likely N-dealkylation sites (tertiary alicyclic amines) is 1. The molecule has 0 radical (unpaired) electrons. The third-order valence-corrected chi connectivity index (χ3v) is 4.95. The zero-order valence-electron chi connectivity index (χ0n) is 12.7. The molecule has 1 heterocycles. The molecule has 2 N–H and O–H groups in total. The van der Waals surface area contributed by atoms with Crippen LogP contribution in [0.4, 0.5) is 0 Å². The fourth-order valence-electron chi connectivity index (χ4n) is 3.33. The highest BCUT2D eigenvalue weighted by Gasteiger charge is 2.27. The Morgan fingerprint density at radius 3 is 2.70 bits per heavy atom. The van der Waals surface area contributed by atoms with E-state index in [9.17, 15) is 0 Å². The molecule has 0 bridgehead atoms. The number of hydrogen-bond acceptors (Lipinski definition) is 3. The van der Waals surface area contributed by atoms with E-state index in [2.05, 4.69) is 71.0 Å². The summed E-state index contributed by atoms with van der Waals surface area (Å²) in [6.07, 6.45) is 1.29. The zero-order chi connectivity index (χ0) is 14.7. The van der Waals surface area contributed by atoms with Crippen molar-refractivity contribution in [2.45, 2.75) is 25.4 Å². The maximum Gasteiger partial charge on any atom is 0.0504 e.